The van der Waals surface area contributed by atoms with Crippen molar-refractivity contribution in [2.75, 3.05) is 14.2 Å². The fourth-order valence-corrected chi connectivity index (χ4v) is 2.56. The predicted molar refractivity (Wildman–Crippen MR) is 101 cm³/mol. The van der Waals surface area contributed by atoms with Crippen molar-refractivity contribution in [3.63, 3.8) is 0 Å². The quantitative estimate of drug-likeness (QED) is 0.561. The molecule has 2 aromatic heterocycles. The van der Waals surface area contributed by atoms with E-state index in [1.165, 1.54) is 23.9 Å². The molecule has 10 nitrogen and oxygen atoms in total. The summed E-state index contributed by atoms with van der Waals surface area (Å²) in [5.41, 5.74) is 0.0843. The number of H-pyrrole nitrogens is 1. The number of methoxy groups -OCH3 is 2. The van der Waals surface area contributed by atoms with E-state index in [0.29, 0.717) is 23.0 Å². The van der Waals surface area contributed by atoms with Gasteiger partial charge >= 0.3 is 11.7 Å². The van der Waals surface area contributed by atoms with Crippen LogP contribution < -0.4 is 20.7 Å². The standard InChI is InChI=1S/C19H19N3O7/c1-26-14-4-3-12(9-16(14)27-2)15-10-13(21-29-15)11-28-18(24)6-8-22-7-5-17(23)20-19(22)25/h3-5,7,9-10H,6,8,11H2,1-2H3,(H,20,23,25). The second kappa shape index (κ2) is 8.91. The minimum Gasteiger partial charge on any atom is -0.493 e. The summed E-state index contributed by atoms with van der Waals surface area (Å²) < 4.78 is 22.1. The van der Waals surface area contributed by atoms with E-state index in [1.54, 1.807) is 31.4 Å². The number of nitrogens with one attached hydrogen (secondary N) is 1. The van der Waals surface area contributed by atoms with Gasteiger partial charge in [-0.05, 0) is 18.2 Å². The number of hydrogen-bond acceptors (Lipinski definition) is 8. The molecule has 0 atom stereocenters. The van der Waals surface area contributed by atoms with E-state index < -0.39 is 17.2 Å². The van der Waals surface area contributed by atoms with Crippen molar-refractivity contribution in [1.29, 1.82) is 0 Å². The highest BCUT2D eigenvalue weighted by molar-refractivity contribution is 5.69. The Bertz CT molecular complexity index is 1110. The smallest absolute Gasteiger partial charge is 0.328 e. The number of benzene rings is 1. The van der Waals surface area contributed by atoms with Crippen molar-refractivity contribution in [2.45, 2.75) is 19.6 Å². The molecular formula is C19H19N3O7. The fraction of sp³-hybridized carbons (Fsp3) is 0.263. The van der Waals surface area contributed by atoms with Crippen LogP contribution in [-0.4, -0.2) is 34.9 Å². The van der Waals surface area contributed by atoms with Gasteiger partial charge in [-0.2, -0.15) is 0 Å². The van der Waals surface area contributed by atoms with Gasteiger partial charge in [0.15, 0.2) is 17.3 Å². The molecule has 0 aliphatic carbocycles. The highest BCUT2D eigenvalue weighted by atomic mass is 16.5. The van der Waals surface area contributed by atoms with E-state index in [1.807, 2.05) is 0 Å². The number of nitrogens with zero attached hydrogens (tertiary/aromatic N) is 2. The molecule has 0 aliphatic rings. The fourth-order valence-electron chi connectivity index (χ4n) is 2.56. The molecule has 3 rings (SSSR count). The van der Waals surface area contributed by atoms with Crippen molar-refractivity contribution in [1.82, 2.24) is 14.7 Å². The lowest BCUT2D eigenvalue weighted by Crippen LogP contribution is -2.29. The van der Waals surface area contributed by atoms with Crippen LogP contribution in [-0.2, 0) is 22.7 Å². The van der Waals surface area contributed by atoms with Gasteiger partial charge in [0.25, 0.3) is 5.56 Å². The molecular weight excluding hydrogens is 382 g/mol. The molecule has 0 unspecified atom stereocenters. The lowest BCUT2D eigenvalue weighted by Gasteiger charge is -2.07. The molecule has 0 saturated carbocycles. The van der Waals surface area contributed by atoms with Gasteiger partial charge in [-0.3, -0.25) is 14.6 Å². The molecule has 3 aromatic rings. The molecule has 29 heavy (non-hydrogen) atoms. The molecule has 0 amide bonds. The van der Waals surface area contributed by atoms with Gasteiger partial charge in [0.05, 0.1) is 20.6 Å². The van der Waals surface area contributed by atoms with E-state index in [9.17, 15) is 14.4 Å². The number of rotatable bonds is 8. The van der Waals surface area contributed by atoms with Gasteiger partial charge in [0.1, 0.15) is 12.3 Å². The van der Waals surface area contributed by atoms with Gasteiger partial charge in [0.2, 0.25) is 0 Å². The summed E-state index contributed by atoms with van der Waals surface area (Å²) in [5, 5.41) is 3.89. The number of aryl methyl sites for hydroxylation is 1. The van der Waals surface area contributed by atoms with Crippen molar-refractivity contribution in [3.05, 3.63) is 63.1 Å². The third-order valence-corrected chi connectivity index (χ3v) is 4.06. The number of carbonyl (C=O) groups is 1. The topological polar surface area (TPSA) is 126 Å². The van der Waals surface area contributed by atoms with Crippen LogP contribution in [0.1, 0.15) is 12.1 Å². The first-order chi connectivity index (χ1) is 14.0. The van der Waals surface area contributed by atoms with Gasteiger partial charge in [-0.25, -0.2) is 4.79 Å². The first-order valence-corrected chi connectivity index (χ1v) is 8.63. The summed E-state index contributed by atoms with van der Waals surface area (Å²) >= 11 is 0. The molecule has 0 saturated heterocycles. The van der Waals surface area contributed by atoms with E-state index in [0.717, 1.165) is 5.56 Å². The normalized spacial score (nSPS) is 10.6. The summed E-state index contributed by atoms with van der Waals surface area (Å²) in [5.74, 6) is 1.11. The van der Waals surface area contributed by atoms with Crippen LogP contribution in [0, 0.1) is 0 Å². The molecule has 0 fully saturated rings. The minimum atomic E-state index is -0.582. The number of hydrogen-bond donors (Lipinski definition) is 1. The largest absolute Gasteiger partial charge is 0.493 e. The number of esters is 1. The first kappa shape index (κ1) is 19.9. The van der Waals surface area contributed by atoms with Crippen LogP contribution in [0.15, 0.2) is 50.6 Å². The lowest BCUT2D eigenvalue weighted by molar-refractivity contribution is -0.145. The Kier molecular flexibility index (Phi) is 6.12. The average molecular weight is 401 g/mol. The molecule has 1 aromatic carbocycles. The molecule has 0 bridgehead atoms. The Balaban J connectivity index is 1.57. The van der Waals surface area contributed by atoms with Crippen LogP contribution in [0.5, 0.6) is 11.5 Å². The highest BCUT2D eigenvalue weighted by Crippen LogP contribution is 2.32. The summed E-state index contributed by atoms with van der Waals surface area (Å²) in [4.78, 5) is 36.6. The maximum absolute atomic E-state index is 11.9. The number of ether oxygens (including phenoxy) is 3. The summed E-state index contributed by atoms with van der Waals surface area (Å²) in [6, 6.07) is 8.14. The van der Waals surface area contributed by atoms with Crippen LogP contribution in [0.3, 0.4) is 0 Å². The molecule has 1 N–H and O–H groups in total. The number of carbonyl (C=O) groups excluding carboxylic acids is 1. The zero-order valence-electron chi connectivity index (χ0n) is 15.8. The first-order valence-electron chi connectivity index (χ1n) is 8.63. The zero-order chi connectivity index (χ0) is 20.8. The van der Waals surface area contributed by atoms with Crippen LogP contribution in [0.2, 0.25) is 0 Å². The molecule has 2 heterocycles. The summed E-state index contributed by atoms with van der Waals surface area (Å²) in [6.07, 6.45) is 1.29. The van der Waals surface area contributed by atoms with Crippen LogP contribution in [0.4, 0.5) is 0 Å². The van der Waals surface area contributed by atoms with E-state index >= 15 is 0 Å². The average Bonchev–Trinajstić information content (AvgIpc) is 3.20. The van der Waals surface area contributed by atoms with Crippen LogP contribution >= 0.6 is 0 Å². The maximum Gasteiger partial charge on any atom is 0.328 e. The Morgan fingerprint density at radius 2 is 1.93 bits per heavy atom. The Hall–Kier alpha value is -3.82. The summed E-state index contributed by atoms with van der Waals surface area (Å²) in [6.45, 7) is 0.0142. The predicted octanol–water partition coefficient (Wildman–Crippen LogP) is 1.34. The molecule has 10 heteroatoms. The second-order valence-electron chi connectivity index (χ2n) is 5.97. The van der Waals surface area contributed by atoms with Crippen molar-refractivity contribution in [3.8, 4) is 22.8 Å². The molecule has 0 spiro atoms. The Morgan fingerprint density at radius 3 is 2.66 bits per heavy atom. The van der Waals surface area contributed by atoms with E-state index in [4.69, 9.17) is 18.7 Å². The maximum atomic E-state index is 11.9. The van der Waals surface area contributed by atoms with Gasteiger partial charge in [-0.1, -0.05) is 5.16 Å². The molecule has 0 aliphatic heterocycles. The zero-order valence-corrected chi connectivity index (χ0v) is 15.8. The Labute approximate surface area is 164 Å². The third kappa shape index (κ3) is 4.92. The SMILES string of the molecule is COc1ccc(-c2cc(COC(=O)CCn3ccc(=O)[nH]c3=O)no2)cc1OC. The van der Waals surface area contributed by atoms with E-state index in [-0.39, 0.29) is 19.6 Å². The number of aromatic nitrogens is 3. The monoisotopic (exact) mass is 401 g/mol. The van der Waals surface area contributed by atoms with Gasteiger partial charge < -0.3 is 23.3 Å². The van der Waals surface area contributed by atoms with Crippen molar-refractivity contribution >= 4 is 5.97 Å². The highest BCUT2D eigenvalue weighted by Gasteiger charge is 2.12. The molecule has 152 valence electrons. The van der Waals surface area contributed by atoms with Crippen LogP contribution in [0.25, 0.3) is 11.3 Å². The second-order valence-corrected chi connectivity index (χ2v) is 5.97. The van der Waals surface area contributed by atoms with Gasteiger partial charge in [-0.15, -0.1) is 0 Å². The Morgan fingerprint density at radius 1 is 1.14 bits per heavy atom. The van der Waals surface area contributed by atoms with Crippen molar-refractivity contribution < 1.29 is 23.5 Å². The summed E-state index contributed by atoms with van der Waals surface area (Å²) in [7, 11) is 3.08. The third-order valence-electron chi connectivity index (χ3n) is 4.06. The van der Waals surface area contributed by atoms with Gasteiger partial charge in [0, 0.05) is 30.4 Å². The number of aromatic amines is 1. The van der Waals surface area contributed by atoms with Crippen molar-refractivity contribution in [2.24, 2.45) is 0 Å². The van der Waals surface area contributed by atoms with E-state index in [2.05, 4.69) is 10.1 Å². The minimum absolute atomic E-state index is 0.0354. The lowest BCUT2D eigenvalue weighted by atomic mass is 10.1. The molecule has 0 radical (unpaired) electrons.